The fourth-order valence-corrected chi connectivity index (χ4v) is 6.65. The quantitative estimate of drug-likeness (QED) is 0.254. The number of carbonyl (C=O) groups excluding carboxylic acids is 2. The number of fused-ring (bicyclic) bond motifs is 2. The molecule has 2 aromatic heterocycles. The summed E-state index contributed by atoms with van der Waals surface area (Å²) in [6, 6.07) is 28.7. The number of nitrogens with zero attached hydrogens (tertiary/aromatic N) is 4. The maximum atomic E-state index is 14.0. The molecule has 0 saturated carbocycles. The molecule has 0 radical (unpaired) electrons. The van der Waals surface area contributed by atoms with Gasteiger partial charge in [-0.05, 0) is 54.1 Å². The summed E-state index contributed by atoms with van der Waals surface area (Å²) < 4.78 is 18.5. The Labute approximate surface area is 263 Å². The Hall–Kier alpha value is -5.29. The fraction of sp³-hybridized carbons (Fsp3) is 0.176. The molecule has 0 aliphatic carbocycles. The van der Waals surface area contributed by atoms with E-state index in [0.717, 1.165) is 28.1 Å². The minimum Gasteiger partial charge on any atom is -0.497 e. The summed E-state index contributed by atoms with van der Waals surface area (Å²) in [4.78, 5) is 33.3. The van der Waals surface area contributed by atoms with Crippen molar-refractivity contribution in [1.82, 2.24) is 20.1 Å². The van der Waals surface area contributed by atoms with Gasteiger partial charge in [-0.3, -0.25) is 19.5 Å². The largest absolute Gasteiger partial charge is 0.497 e. The van der Waals surface area contributed by atoms with Crippen molar-refractivity contribution in [3.05, 3.63) is 114 Å². The Morgan fingerprint density at radius 3 is 2.58 bits per heavy atom. The van der Waals surface area contributed by atoms with Crippen LogP contribution in [0.15, 0.2) is 97.2 Å². The van der Waals surface area contributed by atoms with Crippen molar-refractivity contribution < 1.29 is 23.8 Å². The van der Waals surface area contributed by atoms with E-state index in [1.807, 2.05) is 91.0 Å². The molecule has 11 heteroatoms. The smallest absolute Gasteiger partial charge is 0.240 e. The van der Waals surface area contributed by atoms with Crippen LogP contribution in [-0.2, 0) is 16.1 Å². The Morgan fingerprint density at radius 1 is 1.00 bits per heavy atom. The molecule has 5 aromatic rings. The topological polar surface area (TPSA) is 108 Å². The number of amides is 2. The van der Waals surface area contributed by atoms with Crippen LogP contribution in [0.1, 0.15) is 22.1 Å². The van der Waals surface area contributed by atoms with Crippen molar-refractivity contribution in [2.45, 2.75) is 11.8 Å². The second-order valence-electron chi connectivity index (χ2n) is 10.4. The van der Waals surface area contributed by atoms with Gasteiger partial charge in [-0.15, -0.1) is 11.8 Å². The summed E-state index contributed by atoms with van der Waals surface area (Å²) in [6.45, 7) is 0.214. The number of nitrogens with one attached hydrogen (secondary N) is 1. The maximum absolute atomic E-state index is 14.0. The number of ether oxygens (including phenoxy) is 3. The molecule has 0 saturated heterocycles. The number of rotatable bonds is 8. The van der Waals surface area contributed by atoms with Crippen LogP contribution < -0.4 is 24.4 Å². The summed E-state index contributed by atoms with van der Waals surface area (Å²) in [5, 5.41) is 7.75. The minimum absolute atomic E-state index is 0.151. The Kier molecular flexibility index (Phi) is 7.83. The van der Waals surface area contributed by atoms with E-state index in [9.17, 15) is 9.59 Å². The Morgan fingerprint density at radius 2 is 1.80 bits per heavy atom. The SMILES string of the molecule is COc1ccc(-n2nc(-c3ccccc3)c3c2N(CC(=O)NCc2ccccn2)C(=O)CSC3c2ccc3c(c2)OCO3)cc1. The van der Waals surface area contributed by atoms with E-state index in [-0.39, 0.29) is 42.7 Å². The first-order valence-electron chi connectivity index (χ1n) is 14.4. The number of pyridine rings is 1. The van der Waals surface area contributed by atoms with E-state index in [1.54, 1.807) is 22.9 Å². The Balaban J connectivity index is 1.38. The van der Waals surface area contributed by atoms with Crippen LogP contribution in [0.2, 0.25) is 0 Å². The standard InChI is InChI=1S/C34H29N5O5S/c1-42-26-13-11-25(12-14-26)39-34-31(32(37-39)22-7-3-2-4-8-22)33(23-10-15-27-28(17-23)44-21-43-27)45-20-30(41)38(34)19-29(40)36-18-24-9-5-6-16-35-24/h2-17,33H,18-21H2,1H3,(H,36,40). The van der Waals surface area contributed by atoms with Crippen molar-refractivity contribution in [3.8, 4) is 34.2 Å². The van der Waals surface area contributed by atoms with E-state index >= 15 is 0 Å². The first-order chi connectivity index (χ1) is 22.1. The van der Waals surface area contributed by atoms with Gasteiger partial charge in [0, 0.05) is 17.3 Å². The number of methoxy groups -OCH3 is 1. The van der Waals surface area contributed by atoms with Gasteiger partial charge in [0.1, 0.15) is 18.1 Å². The molecule has 4 heterocycles. The summed E-state index contributed by atoms with van der Waals surface area (Å²) in [5.41, 5.74) is 4.81. The van der Waals surface area contributed by atoms with Gasteiger partial charge in [0.25, 0.3) is 0 Å². The maximum Gasteiger partial charge on any atom is 0.240 e. The predicted octanol–water partition coefficient (Wildman–Crippen LogP) is 5.16. The third-order valence-corrected chi connectivity index (χ3v) is 8.90. The molecule has 1 unspecified atom stereocenters. The monoisotopic (exact) mass is 619 g/mol. The summed E-state index contributed by atoms with van der Waals surface area (Å²) in [7, 11) is 1.61. The first-order valence-corrected chi connectivity index (χ1v) is 15.4. The van der Waals surface area contributed by atoms with Crippen LogP contribution in [0.25, 0.3) is 16.9 Å². The zero-order valence-electron chi connectivity index (χ0n) is 24.4. The molecule has 2 aliphatic heterocycles. The average Bonchev–Trinajstić information content (AvgIpc) is 3.69. The summed E-state index contributed by atoms with van der Waals surface area (Å²) in [6.07, 6.45) is 1.68. The second kappa shape index (κ2) is 12.4. The second-order valence-corrected chi connectivity index (χ2v) is 11.5. The number of hydrogen-bond donors (Lipinski definition) is 1. The molecule has 10 nitrogen and oxygen atoms in total. The fourth-order valence-electron chi connectivity index (χ4n) is 5.46. The Bertz CT molecular complexity index is 1850. The normalized spacial score (nSPS) is 15.4. The zero-order valence-corrected chi connectivity index (χ0v) is 25.2. The molecule has 0 bridgehead atoms. The van der Waals surface area contributed by atoms with E-state index in [4.69, 9.17) is 19.3 Å². The third-order valence-electron chi connectivity index (χ3n) is 7.65. The molecule has 0 fully saturated rings. The molecule has 2 aliphatic rings. The lowest BCUT2D eigenvalue weighted by Gasteiger charge is -2.23. The molecule has 3 aromatic carbocycles. The van der Waals surface area contributed by atoms with Gasteiger partial charge < -0.3 is 19.5 Å². The van der Waals surface area contributed by atoms with Crippen molar-refractivity contribution in [1.29, 1.82) is 0 Å². The number of aromatic nitrogens is 3. The van der Waals surface area contributed by atoms with Gasteiger partial charge in [-0.25, -0.2) is 4.68 Å². The van der Waals surface area contributed by atoms with Crippen LogP contribution in [0, 0.1) is 0 Å². The van der Waals surface area contributed by atoms with Crippen LogP contribution >= 0.6 is 11.8 Å². The van der Waals surface area contributed by atoms with Gasteiger partial charge in [0.15, 0.2) is 11.5 Å². The molecular weight excluding hydrogens is 590 g/mol. The van der Waals surface area contributed by atoms with Crippen molar-refractivity contribution in [2.24, 2.45) is 0 Å². The molecule has 0 spiro atoms. The van der Waals surface area contributed by atoms with E-state index in [0.29, 0.717) is 28.8 Å². The van der Waals surface area contributed by atoms with Crippen LogP contribution in [0.4, 0.5) is 5.82 Å². The van der Waals surface area contributed by atoms with Crippen LogP contribution in [0.3, 0.4) is 0 Å². The predicted molar refractivity (Wildman–Crippen MR) is 171 cm³/mol. The molecule has 226 valence electrons. The van der Waals surface area contributed by atoms with Gasteiger partial charge >= 0.3 is 0 Å². The zero-order chi connectivity index (χ0) is 30.8. The van der Waals surface area contributed by atoms with Gasteiger partial charge in [-0.2, -0.15) is 5.10 Å². The number of benzene rings is 3. The van der Waals surface area contributed by atoms with E-state index in [2.05, 4.69) is 10.3 Å². The van der Waals surface area contributed by atoms with Gasteiger partial charge in [0.05, 0.1) is 41.7 Å². The highest BCUT2D eigenvalue weighted by molar-refractivity contribution is 8.00. The minimum atomic E-state index is -0.310. The lowest BCUT2D eigenvalue weighted by molar-refractivity contribution is -0.123. The number of carbonyl (C=O) groups is 2. The lowest BCUT2D eigenvalue weighted by atomic mass is 9.99. The van der Waals surface area contributed by atoms with Crippen LogP contribution in [-0.4, -0.2) is 52.8 Å². The van der Waals surface area contributed by atoms with Crippen molar-refractivity contribution in [2.75, 3.05) is 31.1 Å². The third kappa shape index (κ3) is 5.69. The highest BCUT2D eigenvalue weighted by Crippen LogP contribution is 2.50. The van der Waals surface area contributed by atoms with Crippen LogP contribution in [0.5, 0.6) is 17.2 Å². The summed E-state index contributed by atoms with van der Waals surface area (Å²) in [5.74, 6) is 2.19. The number of thioether (sulfide) groups is 1. The molecule has 7 rings (SSSR count). The van der Waals surface area contributed by atoms with Gasteiger partial charge in [0.2, 0.25) is 18.6 Å². The molecule has 1 N–H and O–H groups in total. The molecule has 1 atom stereocenters. The molecule has 45 heavy (non-hydrogen) atoms. The van der Waals surface area contributed by atoms with E-state index < -0.39 is 0 Å². The average molecular weight is 620 g/mol. The number of hydrogen-bond acceptors (Lipinski definition) is 8. The molecular formula is C34H29N5O5S. The highest BCUT2D eigenvalue weighted by Gasteiger charge is 2.38. The van der Waals surface area contributed by atoms with Gasteiger partial charge in [-0.1, -0.05) is 42.5 Å². The highest BCUT2D eigenvalue weighted by atomic mass is 32.2. The summed E-state index contributed by atoms with van der Waals surface area (Å²) >= 11 is 1.50. The number of anilines is 1. The first kappa shape index (κ1) is 28.5. The molecule has 2 amide bonds. The van der Waals surface area contributed by atoms with Crippen molar-refractivity contribution >= 4 is 29.4 Å². The van der Waals surface area contributed by atoms with E-state index in [1.165, 1.54) is 11.8 Å². The lowest BCUT2D eigenvalue weighted by Crippen LogP contribution is -2.42. The van der Waals surface area contributed by atoms with Crippen molar-refractivity contribution in [3.63, 3.8) is 0 Å².